The number of hydrogen-bond donors (Lipinski definition) is 1. The van der Waals surface area contributed by atoms with Crippen LogP contribution in [0.2, 0.25) is 0 Å². The number of nitrogens with one attached hydrogen (secondary N) is 1. The summed E-state index contributed by atoms with van der Waals surface area (Å²) in [7, 11) is -2.71. The van der Waals surface area contributed by atoms with Gasteiger partial charge in [0.05, 0.1) is 48.4 Å². The molecular formula is C22H20N6O5S2. The summed E-state index contributed by atoms with van der Waals surface area (Å²) in [6.45, 7) is 2.73. The number of esters is 1. The van der Waals surface area contributed by atoms with Crippen molar-refractivity contribution < 1.29 is 22.7 Å². The van der Waals surface area contributed by atoms with Gasteiger partial charge in [-0.2, -0.15) is 0 Å². The van der Waals surface area contributed by atoms with Gasteiger partial charge in [0.1, 0.15) is 21.7 Å². The van der Waals surface area contributed by atoms with Crippen molar-refractivity contribution in [2.75, 3.05) is 43.0 Å². The topological polar surface area (TPSA) is 136 Å². The van der Waals surface area contributed by atoms with Crippen LogP contribution in [-0.2, 0) is 19.5 Å². The number of carbonyl (C=O) groups excluding carboxylic acids is 1. The summed E-state index contributed by atoms with van der Waals surface area (Å²) < 4.78 is 38.1. The number of morpholine rings is 1. The van der Waals surface area contributed by atoms with E-state index in [4.69, 9.17) is 9.72 Å². The summed E-state index contributed by atoms with van der Waals surface area (Å²) in [5.41, 5.74) is 1.69. The number of pyridine rings is 1. The largest absolute Gasteiger partial charge is 0.465 e. The molecule has 0 atom stereocenters. The fraction of sp³-hybridized carbons (Fsp3) is 0.227. The predicted molar refractivity (Wildman–Crippen MR) is 130 cm³/mol. The highest BCUT2D eigenvalue weighted by Gasteiger charge is 2.20. The Morgan fingerprint density at radius 2 is 1.97 bits per heavy atom. The summed E-state index contributed by atoms with van der Waals surface area (Å²) in [5.74, 6) is 0.143. The van der Waals surface area contributed by atoms with Gasteiger partial charge in [-0.25, -0.2) is 28.2 Å². The first kappa shape index (κ1) is 23.1. The van der Waals surface area contributed by atoms with Crippen LogP contribution in [0.5, 0.6) is 0 Å². The lowest BCUT2D eigenvalue weighted by molar-refractivity contribution is 0.0600. The molecule has 3 aromatic heterocycles. The highest BCUT2D eigenvalue weighted by atomic mass is 32.2. The van der Waals surface area contributed by atoms with E-state index in [1.807, 2.05) is 0 Å². The number of anilines is 2. The second kappa shape index (κ2) is 9.52. The van der Waals surface area contributed by atoms with E-state index in [0.717, 1.165) is 23.7 Å². The van der Waals surface area contributed by atoms with E-state index < -0.39 is 16.0 Å². The molecule has 1 aliphatic rings. The first-order valence-corrected chi connectivity index (χ1v) is 12.9. The van der Waals surface area contributed by atoms with E-state index in [1.54, 1.807) is 12.1 Å². The Morgan fingerprint density at radius 3 is 2.71 bits per heavy atom. The van der Waals surface area contributed by atoms with E-state index in [0.29, 0.717) is 29.4 Å². The Morgan fingerprint density at radius 1 is 1.14 bits per heavy atom. The standard InChI is InChI=1S/C22H20N6O5S2/c1-32-22(29)14-3-2-4-16(11-14)35(30,31)27-15-5-6-17(23-12-15)20-26-18-19(24-13-25-21(18)34-20)28-7-9-33-10-8-28/h2-6,11-13,27H,7-10H2,1H3. The van der Waals surface area contributed by atoms with Gasteiger partial charge >= 0.3 is 5.97 Å². The molecule has 11 nitrogen and oxygen atoms in total. The van der Waals surface area contributed by atoms with E-state index in [9.17, 15) is 13.2 Å². The maximum atomic E-state index is 12.8. The number of fused-ring (bicyclic) bond motifs is 1. The fourth-order valence-electron chi connectivity index (χ4n) is 3.56. The van der Waals surface area contributed by atoms with Crippen LogP contribution in [0, 0.1) is 0 Å². The molecule has 1 fully saturated rings. The summed E-state index contributed by atoms with van der Waals surface area (Å²) >= 11 is 1.39. The molecule has 0 bridgehead atoms. The molecule has 0 saturated carbocycles. The number of nitrogens with zero attached hydrogens (tertiary/aromatic N) is 5. The Kier molecular flexibility index (Phi) is 6.28. The van der Waals surface area contributed by atoms with E-state index in [2.05, 4.69) is 29.3 Å². The van der Waals surface area contributed by atoms with Gasteiger partial charge in [-0.15, -0.1) is 0 Å². The van der Waals surface area contributed by atoms with Crippen molar-refractivity contribution in [2.24, 2.45) is 0 Å². The number of carbonyl (C=O) groups is 1. The molecule has 1 N–H and O–H groups in total. The number of ether oxygens (including phenoxy) is 2. The third-order valence-corrected chi connectivity index (χ3v) is 7.65. The second-order valence-corrected chi connectivity index (χ2v) is 10.2. The van der Waals surface area contributed by atoms with Crippen LogP contribution in [0.4, 0.5) is 11.5 Å². The van der Waals surface area contributed by atoms with Gasteiger partial charge in [0.2, 0.25) is 0 Å². The fourth-order valence-corrected chi connectivity index (χ4v) is 5.53. The molecule has 1 saturated heterocycles. The lowest BCUT2D eigenvalue weighted by atomic mass is 10.2. The minimum atomic E-state index is -3.94. The van der Waals surface area contributed by atoms with Crippen molar-refractivity contribution in [2.45, 2.75) is 4.90 Å². The monoisotopic (exact) mass is 512 g/mol. The van der Waals surface area contributed by atoms with Crippen LogP contribution in [-0.4, -0.2) is 67.7 Å². The zero-order chi connectivity index (χ0) is 24.4. The molecule has 4 aromatic rings. The van der Waals surface area contributed by atoms with Gasteiger partial charge in [-0.05, 0) is 30.3 Å². The summed E-state index contributed by atoms with van der Waals surface area (Å²) in [5, 5.41) is 0.648. The number of benzene rings is 1. The summed E-state index contributed by atoms with van der Waals surface area (Å²) in [4.78, 5) is 32.4. The highest BCUT2D eigenvalue weighted by Crippen LogP contribution is 2.32. The van der Waals surface area contributed by atoms with Crippen molar-refractivity contribution in [1.82, 2.24) is 19.9 Å². The van der Waals surface area contributed by atoms with Crippen molar-refractivity contribution in [1.29, 1.82) is 0 Å². The highest BCUT2D eigenvalue weighted by molar-refractivity contribution is 7.92. The molecule has 0 aliphatic carbocycles. The normalized spacial score (nSPS) is 14.1. The third kappa shape index (κ3) is 4.78. The Bertz CT molecular complexity index is 1480. The Balaban J connectivity index is 1.38. The molecule has 0 radical (unpaired) electrons. The lowest BCUT2D eigenvalue weighted by Gasteiger charge is -2.27. The van der Waals surface area contributed by atoms with Gasteiger partial charge in [0.15, 0.2) is 5.82 Å². The minimum Gasteiger partial charge on any atom is -0.465 e. The van der Waals surface area contributed by atoms with Gasteiger partial charge in [-0.1, -0.05) is 17.4 Å². The van der Waals surface area contributed by atoms with Crippen molar-refractivity contribution in [3.8, 4) is 10.7 Å². The first-order valence-electron chi connectivity index (χ1n) is 10.6. The first-order chi connectivity index (χ1) is 16.9. The van der Waals surface area contributed by atoms with Gasteiger partial charge < -0.3 is 14.4 Å². The summed E-state index contributed by atoms with van der Waals surface area (Å²) in [6.07, 6.45) is 2.94. The smallest absolute Gasteiger partial charge is 0.337 e. The molecule has 0 unspecified atom stereocenters. The zero-order valence-electron chi connectivity index (χ0n) is 18.5. The molecule has 180 valence electrons. The number of aromatic nitrogens is 4. The minimum absolute atomic E-state index is 0.0649. The Hall–Kier alpha value is -3.68. The molecule has 1 aliphatic heterocycles. The van der Waals surface area contributed by atoms with E-state index in [-0.39, 0.29) is 16.1 Å². The van der Waals surface area contributed by atoms with E-state index >= 15 is 0 Å². The zero-order valence-corrected chi connectivity index (χ0v) is 20.2. The van der Waals surface area contributed by atoms with Crippen LogP contribution in [0.15, 0.2) is 53.8 Å². The number of sulfonamides is 1. The average molecular weight is 513 g/mol. The maximum Gasteiger partial charge on any atom is 0.337 e. The number of rotatable bonds is 6. The third-order valence-electron chi connectivity index (χ3n) is 5.29. The SMILES string of the molecule is COC(=O)c1cccc(S(=O)(=O)Nc2ccc(-c3nc4c(N5CCOCC5)ncnc4s3)nc2)c1. The number of thiazole rings is 1. The molecule has 4 heterocycles. The van der Waals surface area contributed by atoms with Crippen LogP contribution < -0.4 is 9.62 Å². The molecule has 0 spiro atoms. The Labute approximate surface area is 204 Å². The molecule has 13 heteroatoms. The average Bonchev–Trinajstić information content (AvgIpc) is 3.33. The molecular weight excluding hydrogens is 492 g/mol. The van der Waals surface area contributed by atoms with Gasteiger partial charge in [0, 0.05) is 13.1 Å². The van der Waals surface area contributed by atoms with Gasteiger partial charge in [-0.3, -0.25) is 9.71 Å². The lowest BCUT2D eigenvalue weighted by Crippen LogP contribution is -2.36. The van der Waals surface area contributed by atoms with Crippen LogP contribution >= 0.6 is 11.3 Å². The molecule has 0 amide bonds. The second-order valence-electron chi connectivity index (χ2n) is 7.53. The van der Waals surface area contributed by atoms with Crippen LogP contribution in [0.25, 0.3) is 21.0 Å². The number of hydrogen-bond acceptors (Lipinski definition) is 11. The molecule has 5 rings (SSSR count). The quantitative estimate of drug-likeness (QED) is 0.384. The van der Waals surface area contributed by atoms with Crippen molar-refractivity contribution in [3.63, 3.8) is 0 Å². The van der Waals surface area contributed by atoms with Gasteiger partial charge in [0.25, 0.3) is 10.0 Å². The molecule has 1 aromatic carbocycles. The van der Waals surface area contributed by atoms with Crippen molar-refractivity contribution >= 4 is 49.2 Å². The molecule has 35 heavy (non-hydrogen) atoms. The van der Waals surface area contributed by atoms with Crippen molar-refractivity contribution in [3.05, 3.63) is 54.5 Å². The van der Waals surface area contributed by atoms with Crippen LogP contribution in [0.1, 0.15) is 10.4 Å². The van der Waals surface area contributed by atoms with Crippen LogP contribution in [0.3, 0.4) is 0 Å². The summed E-state index contributed by atoms with van der Waals surface area (Å²) in [6, 6.07) is 8.89. The maximum absolute atomic E-state index is 12.8. The number of methoxy groups -OCH3 is 1. The predicted octanol–water partition coefficient (Wildman–Crippen LogP) is 2.57. The van der Waals surface area contributed by atoms with E-state index in [1.165, 1.54) is 55.2 Å².